The Bertz CT molecular complexity index is 430. The topological polar surface area (TPSA) is 83.1 Å². The molecule has 2 N–H and O–H groups in total. The third kappa shape index (κ3) is 17.1. The Morgan fingerprint density at radius 1 is 0.710 bits per heavy atom. The minimum absolute atomic E-state index is 0.209. The first-order valence-corrected chi connectivity index (χ1v) is 11.8. The van der Waals surface area contributed by atoms with Gasteiger partial charge in [0, 0.05) is 18.5 Å². The van der Waals surface area contributed by atoms with Crippen molar-refractivity contribution >= 4 is 11.9 Å². The van der Waals surface area contributed by atoms with Crippen molar-refractivity contribution < 1.29 is 19.1 Å². The number of nitrogens with zero attached hydrogens (tertiary/aromatic N) is 2. The molecule has 0 heterocycles. The summed E-state index contributed by atoms with van der Waals surface area (Å²) >= 11 is 0. The summed E-state index contributed by atoms with van der Waals surface area (Å²) in [7, 11) is 8.19. The molecule has 0 spiro atoms. The van der Waals surface area contributed by atoms with E-state index in [2.05, 4.69) is 20.4 Å². The van der Waals surface area contributed by atoms with Gasteiger partial charge >= 0.3 is 11.9 Å². The first kappa shape index (κ1) is 29.8. The van der Waals surface area contributed by atoms with Crippen molar-refractivity contribution in [3.05, 3.63) is 0 Å². The molecule has 0 unspecified atom stereocenters. The Kier molecular flexibility index (Phi) is 17.6. The molecule has 0 saturated carbocycles. The summed E-state index contributed by atoms with van der Waals surface area (Å²) in [4.78, 5) is 28.4. The minimum Gasteiger partial charge on any atom is -0.465 e. The van der Waals surface area contributed by atoms with Gasteiger partial charge in [-0.25, -0.2) is 0 Å². The van der Waals surface area contributed by atoms with E-state index in [4.69, 9.17) is 9.47 Å². The van der Waals surface area contributed by atoms with E-state index in [0.717, 1.165) is 51.9 Å². The molecule has 0 aromatic rings. The second-order valence-corrected chi connectivity index (χ2v) is 8.84. The number of rotatable bonds is 20. The van der Waals surface area contributed by atoms with Gasteiger partial charge in [0.05, 0.1) is 12.8 Å². The van der Waals surface area contributed by atoms with Crippen LogP contribution in [-0.4, -0.2) is 102 Å². The third-order valence-electron chi connectivity index (χ3n) is 5.51. The van der Waals surface area contributed by atoms with Gasteiger partial charge in [0.1, 0.15) is 13.2 Å². The average Bonchev–Trinajstić information content (AvgIpc) is 2.73. The minimum atomic E-state index is -0.316. The molecule has 0 bridgehead atoms. The van der Waals surface area contributed by atoms with E-state index < -0.39 is 0 Å². The molecule has 0 aliphatic carbocycles. The van der Waals surface area contributed by atoms with E-state index >= 15 is 0 Å². The number of hydrogen-bond donors (Lipinski definition) is 2. The highest BCUT2D eigenvalue weighted by atomic mass is 16.5. The van der Waals surface area contributed by atoms with Crippen molar-refractivity contribution in [2.24, 2.45) is 5.41 Å². The standard InChI is InChI=1S/C23H48N4O4/c1-7-23(8-2,19-30-21(28)11-15-24-13-9-17-26(3)4)20-31-22(29)12-16-25-14-10-18-27(5)6/h24-25H,7-20H2,1-6H3. The summed E-state index contributed by atoms with van der Waals surface area (Å²) in [5, 5.41) is 6.54. The summed E-state index contributed by atoms with van der Waals surface area (Å²) in [6, 6.07) is 0. The Morgan fingerprint density at radius 3 is 1.42 bits per heavy atom. The molecule has 31 heavy (non-hydrogen) atoms. The van der Waals surface area contributed by atoms with Gasteiger partial charge in [0.2, 0.25) is 0 Å². The number of esters is 2. The zero-order valence-corrected chi connectivity index (χ0v) is 20.9. The highest BCUT2D eigenvalue weighted by Crippen LogP contribution is 2.27. The molecule has 8 nitrogen and oxygen atoms in total. The van der Waals surface area contributed by atoms with Crippen LogP contribution in [0.3, 0.4) is 0 Å². The molecule has 8 heteroatoms. The first-order chi connectivity index (χ1) is 14.7. The van der Waals surface area contributed by atoms with Gasteiger partial charge in [-0.1, -0.05) is 13.8 Å². The molecule has 0 amide bonds. The lowest BCUT2D eigenvalue weighted by molar-refractivity contribution is -0.154. The highest BCUT2D eigenvalue weighted by molar-refractivity contribution is 5.70. The SMILES string of the molecule is CCC(CC)(COC(=O)CCNCCCN(C)C)COC(=O)CCNCCCN(C)C. The monoisotopic (exact) mass is 444 g/mol. The molecular formula is C23H48N4O4. The maximum Gasteiger partial charge on any atom is 0.307 e. The predicted octanol–water partition coefficient (Wildman–Crippen LogP) is 1.74. The largest absolute Gasteiger partial charge is 0.465 e. The third-order valence-corrected chi connectivity index (χ3v) is 5.51. The molecule has 0 aromatic heterocycles. The summed E-state index contributed by atoms with van der Waals surface area (Å²) in [5.41, 5.74) is -0.316. The molecule has 0 radical (unpaired) electrons. The van der Waals surface area contributed by atoms with Crippen LogP contribution in [0.15, 0.2) is 0 Å². The van der Waals surface area contributed by atoms with Gasteiger partial charge in [0.25, 0.3) is 0 Å². The van der Waals surface area contributed by atoms with Crippen LogP contribution in [0.5, 0.6) is 0 Å². The molecule has 0 aliphatic rings. The number of carbonyl (C=O) groups is 2. The van der Waals surface area contributed by atoms with E-state index in [1.54, 1.807) is 0 Å². The Morgan fingerprint density at radius 2 is 1.10 bits per heavy atom. The van der Waals surface area contributed by atoms with Crippen LogP contribution in [0, 0.1) is 5.41 Å². The smallest absolute Gasteiger partial charge is 0.307 e. The quantitative estimate of drug-likeness (QED) is 0.217. The molecule has 0 rings (SSSR count). The maximum absolute atomic E-state index is 12.1. The van der Waals surface area contributed by atoms with Crippen LogP contribution in [0.4, 0.5) is 0 Å². The van der Waals surface area contributed by atoms with Gasteiger partial charge in [-0.2, -0.15) is 0 Å². The lowest BCUT2D eigenvalue weighted by Gasteiger charge is -2.30. The predicted molar refractivity (Wildman–Crippen MR) is 126 cm³/mol. The van der Waals surface area contributed by atoms with Crippen LogP contribution < -0.4 is 10.6 Å². The fourth-order valence-corrected chi connectivity index (χ4v) is 2.98. The zero-order chi connectivity index (χ0) is 23.5. The Labute approximate surface area is 190 Å². The van der Waals surface area contributed by atoms with Crippen molar-refractivity contribution in [3.63, 3.8) is 0 Å². The highest BCUT2D eigenvalue weighted by Gasteiger charge is 2.30. The molecular weight excluding hydrogens is 396 g/mol. The molecule has 0 aliphatic heterocycles. The van der Waals surface area contributed by atoms with E-state index in [-0.39, 0.29) is 30.6 Å². The normalized spacial score (nSPS) is 11.9. The van der Waals surface area contributed by atoms with E-state index in [0.29, 0.717) is 25.9 Å². The summed E-state index contributed by atoms with van der Waals surface area (Å²) < 4.78 is 11.0. The van der Waals surface area contributed by atoms with Gasteiger partial charge in [-0.3, -0.25) is 9.59 Å². The fraction of sp³-hybridized carbons (Fsp3) is 0.913. The van der Waals surface area contributed by atoms with Crippen molar-refractivity contribution in [2.75, 3.05) is 80.7 Å². The van der Waals surface area contributed by atoms with Gasteiger partial charge < -0.3 is 29.9 Å². The average molecular weight is 445 g/mol. The Hall–Kier alpha value is -1.22. The molecule has 0 fully saturated rings. The molecule has 0 saturated heterocycles. The number of nitrogens with one attached hydrogen (secondary N) is 2. The van der Waals surface area contributed by atoms with Crippen molar-refractivity contribution in [1.82, 2.24) is 20.4 Å². The molecule has 0 aromatic carbocycles. The van der Waals surface area contributed by atoms with Crippen molar-refractivity contribution in [3.8, 4) is 0 Å². The lowest BCUT2D eigenvalue weighted by atomic mass is 9.84. The van der Waals surface area contributed by atoms with Gasteiger partial charge in [-0.05, 0) is 80.1 Å². The molecule has 0 atom stereocenters. The number of carbonyl (C=O) groups excluding carboxylic acids is 2. The second-order valence-electron chi connectivity index (χ2n) is 8.84. The summed E-state index contributed by atoms with van der Waals surface area (Å²) in [6.07, 6.45) is 4.38. The van der Waals surface area contributed by atoms with Crippen molar-refractivity contribution in [2.45, 2.75) is 52.4 Å². The zero-order valence-electron chi connectivity index (χ0n) is 20.9. The van der Waals surface area contributed by atoms with Gasteiger partial charge in [0.15, 0.2) is 0 Å². The fourth-order valence-electron chi connectivity index (χ4n) is 2.98. The van der Waals surface area contributed by atoms with E-state index in [1.807, 2.05) is 42.0 Å². The van der Waals surface area contributed by atoms with Crippen LogP contribution in [0.1, 0.15) is 52.4 Å². The number of hydrogen-bond acceptors (Lipinski definition) is 8. The lowest BCUT2D eigenvalue weighted by Crippen LogP contribution is -2.34. The van der Waals surface area contributed by atoms with Crippen LogP contribution in [0.25, 0.3) is 0 Å². The first-order valence-electron chi connectivity index (χ1n) is 11.8. The molecule has 184 valence electrons. The van der Waals surface area contributed by atoms with Crippen LogP contribution >= 0.6 is 0 Å². The summed E-state index contributed by atoms with van der Waals surface area (Å²) in [6.45, 7) is 9.73. The summed E-state index contributed by atoms with van der Waals surface area (Å²) in [5.74, 6) is -0.417. The Balaban J connectivity index is 4.06. The van der Waals surface area contributed by atoms with Crippen LogP contribution in [-0.2, 0) is 19.1 Å². The van der Waals surface area contributed by atoms with E-state index in [1.165, 1.54) is 0 Å². The second kappa shape index (κ2) is 18.4. The number of ether oxygens (including phenoxy) is 2. The van der Waals surface area contributed by atoms with E-state index in [9.17, 15) is 9.59 Å². The van der Waals surface area contributed by atoms with Crippen molar-refractivity contribution in [1.29, 1.82) is 0 Å². The maximum atomic E-state index is 12.1. The van der Waals surface area contributed by atoms with Crippen LogP contribution in [0.2, 0.25) is 0 Å². The van der Waals surface area contributed by atoms with Gasteiger partial charge in [-0.15, -0.1) is 0 Å².